The Labute approximate surface area is 110 Å². The van der Waals surface area contributed by atoms with Crippen LogP contribution >= 0.6 is 0 Å². The van der Waals surface area contributed by atoms with E-state index in [-0.39, 0.29) is 17.5 Å². The first-order valence-electron chi connectivity index (χ1n) is 6.30. The molecule has 1 atom stereocenters. The highest BCUT2D eigenvalue weighted by Crippen LogP contribution is 2.19. The van der Waals surface area contributed by atoms with E-state index in [0.717, 1.165) is 6.42 Å². The van der Waals surface area contributed by atoms with E-state index in [1.807, 2.05) is 0 Å². The van der Waals surface area contributed by atoms with Gasteiger partial charge < -0.3 is 16.0 Å². The standard InChI is InChI=1S/C11H18N6O2/c1-13-10(18)9-3-2-5-17(9)11(19)8-7-16(6-4-12)15-14-8/h7,9H,2-6,12H2,1H3,(H,13,18). The first kappa shape index (κ1) is 13.5. The minimum atomic E-state index is -0.405. The van der Waals surface area contributed by atoms with E-state index < -0.39 is 6.04 Å². The zero-order valence-electron chi connectivity index (χ0n) is 10.9. The normalized spacial score (nSPS) is 18.6. The number of carbonyl (C=O) groups excluding carboxylic acids is 2. The van der Waals surface area contributed by atoms with Gasteiger partial charge in [-0.3, -0.25) is 14.3 Å². The molecule has 2 rings (SSSR count). The van der Waals surface area contributed by atoms with Gasteiger partial charge in [-0.25, -0.2) is 0 Å². The highest BCUT2D eigenvalue weighted by Gasteiger charge is 2.34. The molecule has 19 heavy (non-hydrogen) atoms. The summed E-state index contributed by atoms with van der Waals surface area (Å²) in [6.07, 6.45) is 3.07. The molecule has 0 radical (unpaired) electrons. The molecule has 8 heteroatoms. The predicted octanol–water partition coefficient (Wildman–Crippen LogP) is -1.41. The fraction of sp³-hybridized carbons (Fsp3) is 0.636. The van der Waals surface area contributed by atoms with Gasteiger partial charge in [0.05, 0.1) is 12.7 Å². The molecule has 1 aliphatic rings. The molecule has 1 saturated heterocycles. The van der Waals surface area contributed by atoms with Crippen LogP contribution in [-0.4, -0.2) is 57.9 Å². The second-order valence-electron chi connectivity index (χ2n) is 4.43. The van der Waals surface area contributed by atoms with Crippen molar-refractivity contribution in [3.8, 4) is 0 Å². The van der Waals surface area contributed by atoms with Crippen molar-refractivity contribution < 1.29 is 9.59 Å². The SMILES string of the molecule is CNC(=O)C1CCCN1C(=O)c1cn(CCN)nn1. The molecule has 0 aromatic carbocycles. The summed E-state index contributed by atoms with van der Waals surface area (Å²) in [7, 11) is 1.57. The lowest BCUT2D eigenvalue weighted by molar-refractivity contribution is -0.124. The molecule has 8 nitrogen and oxygen atoms in total. The second kappa shape index (κ2) is 5.79. The number of aromatic nitrogens is 3. The van der Waals surface area contributed by atoms with Crippen molar-refractivity contribution in [2.45, 2.75) is 25.4 Å². The summed E-state index contributed by atoms with van der Waals surface area (Å²) < 4.78 is 1.53. The van der Waals surface area contributed by atoms with Crippen LogP contribution in [0.5, 0.6) is 0 Å². The quantitative estimate of drug-likeness (QED) is 0.696. The van der Waals surface area contributed by atoms with Gasteiger partial charge in [0.25, 0.3) is 5.91 Å². The first-order valence-corrected chi connectivity index (χ1v) is 6.30. The second-order valence-corrected chi connectivity index (χ2v) is 4.43. The maximum absolute atomic E-state index is 12.3. The summed E-state index contributed by atoms with van der Waals surface area (Å²) in [5, 5.41) is 10.2. The third-order valence-electron chi connectivity index (χ3n) is 3.18. The molecule has 0 saturated carbocycles. The number of likely N-dealkylation sites (tertiary alicyclic amines) is 1. The number of rotatable bonds is 4. The molecule has 0 spiro atoms. The Morgan fingerprint density at radius 2 is 2.37 bits per heavy atom. The van der Waals surface area contributed by atoms with Crippen LogP contribution in [0.4, 0.5) is 0 Å². The number of nitrogens with one attached hydrogen (secondary N) is 1. The lowest BCUT2D eigenvalue weighted by Crippen LogP contribution is -2.45. The Morgan fingerprint density at radius 1 is 1.58 bits per heavy atom. The summed E-state index contributed by atoms with van der Waals surface area (Å²) in [6.45, 7) is 1.52. The fourth-order valence-corrected chi connectivity index (χ4v) is 2.23. The molecule has 1 fully saturated rings. The van der Waals surface area contributed by atoms with Crippen molar-refractivity contribution >= 4 is 11.8 Å². The molecule has 1 aromatic rings. The average molecular weight is 266 g/mol. The Kier molecular flexibility index (Phi) is 4.10. The van der Waals surface area contributed by atoms with E-state index in [9.17, 15) is 9.59 Å². The summed E-state index contributed by atoms with van der Waals surface area (Å²) in [4.78, 5) is 25.6. The van der Waals surface area contributed by atoms with Gasteiger partial charge in [0.1, 0.15) is 6.04 Å². The highest BCUT2D eigenvalue weighted by molar-refractivity contribution is 5.96. The van der Waals surface area contributed by atoms with Gasteiger partial charge in [0.2, 0.25) is 5.91 Å². The number of hydrogen-bond donors (Lipinski definition) is 2. The molecular weight excluding hydrogens is 248 g/mol. The van der Waals surface area contributed by atoms with Crippen molar-refractivity contribution in [3.05, 3.63) is 11.9 Å². The van der Waals surface area contributed by atoms with Crippen LogP contribution in [0.1, 0.15) is 23.3 Å². The van der Waals surface area contributed by atoms with Gasteiger partial charge in [0, 0.05) is 20.1 Å². The third-order valence-corrected chi connectivity index (χ3v) is 3.18. The van der Waals surface area contributed by atoms with E-state index in [1.165, 1.54) is 4.68 Å². The van der Waals surface area contributed by atoms with Gasteiger partial charge in [-0.05, 0) is 12.8 Å². The summed E-state index contributed by atoms with van der Waals surface area (Å²) in [6, 6.07) is -0.405. The number of likely N-dealkylation sites (N-methyl/N-ethyl adjacent to an activating group) is 1. The number of carbonyl (C=O) groups is 2. The maximum Gasteiger partial charge on any atom is 0.276 e. The molecule has 1 aromatic heterocycles. The van der Waals surface area contributed by atoms with Crippen LogP contribution in [0.15, 0.2) is 6.20 Å². The topological polar surface area (TPSA) is 106 Å². The Bertz CT molecular complexity index is 472. The lowest BCUT2D eigenvalue weighted by Gasteiger charge is -2.22. The molecule has 2 amide bonds. The molecule has 2 heterocycles. The third kappa shape index (κ3) is 2.73. The Balaban J connectivity index is 2.11. The van der Waals surface area contributed by atoms with Crippen LogP contribution in [0.2, 0.25) is 0 Å². The maximum atomic E-state index is 12.3. The number of amides is 2. The molecule has 3 N–H and O–H groups in total. The number of hydrogen-bond acceptors (Lipinski definition) is 5. The zero-order chi connectivity index (χ0) is 13.8. The van der Waals surface area contributed by atoms with Gasteiger partial charge >= 0.3 is 0 Å². The van der Waals surface area contributed by atoms with Crippen LogP contribution in [0, 0.1) is 0 Å². The highest BCUT2D eigenvalue weighted by atomic mass is 16.2. The van der Waals surface area contributed by atoms with Crippen LogP contribution in [0.3, 0.4) is 0 Å². The zero-order valence-corrected chi connectivity index (χ0v) is 10.9. The molecule has 0 aliphatic carbocycles. The molecule has 1 aliphatic heterocycles. The van der Waals surface area contributed by atoms with Crippen molar-refractivity contribution in [1.29, 1.82) is 0 Å². The van der Waals surface area contributed by atoms with Crippen molar-refractivity contribution in [2.24, 2.45) is 5.73 Å². The van der Waals surface area contributed by atoms with E-state index in [2.05, 4.69) is 15.6 Å². The molecule has 0 bridgehead atoms. The molecular formula is C11H18N6O2. The molecule has 1 unspecified atom stereocenters. The number of nitrogens with two attached hydrogens (primary N) is 1. The lowest BCUT2D eigenvalue weighted by atomic mass is 10.2. The van der Waals surface area contributed by atoms with Crippen molar-refractivity contribution in [3.63, 3.8) is 0 Å². The Morgan fingerprint density at radius 3 is 3.05 bits per heavy atom. The van der Waals surface area contributed by atoms with E-state index in [1.54, 1.807) is 18.1 Å². The van der Waals surface area contributed by atoms with Crippen molar-refractivity contribution in [2.75, 3.05) is 20.1 Å². The van der Waals surface area contributed by atoms with E-state index in [4.69, 9.17) is 5.73 Å². The minimum absolute atomic E-state index is 0.139. The monoisotopic (exact) mass is 266 g/mol. The van der Waals surface area contributed by atoms with Crippen molar-refractivity contribution in [1.82, 2.24) is 25.2 Å². The van der Waals surface area contributed by atoms with E-state index >= 15 is 0 Å². The van der Waals surface area contributed by atoms with Gasteiger partial charge in [-0.15, -0.1) is 5.10 Å². The summed E-state index contributed by atoms with van der Waals surface area (Å²) >= 11 is 0. The smallest absolute Gasteiger partial charge is 0.276 e. The van der Waals surface area contributed by atoms with Crippen LogP contribution in [0.25, 0.3) is 0 Å². The first-order chi connectivity index (χ1) is 9.17. The van der Waals surface area contributed by atoms with Gasteiger partial charge in [-0.1, -0.05) is 5.21 Å². The van der Waals surface area contributed by atoms with Crippen LogP contribution in [-0.2, 0) is 11.3 Å². The summed E-state index contributed by atoms with van der Waals surface area (Å²) in [5.74, 6) is -0.394. The van der Waals surface area contributed by atoms with Crippen LogP contribution < -0.4 is 11.1 Å². The number of nitrogens with zero attached hydrogens (tertiary/aromatic N) is 4. The van der Waals surface area contributed by atoms with Gasteiger partial charge in [0.15, 0.2) is 5.69 Å². The molecule has 104 valence electrons. The summed E-state index contributed by atoms with van der Waals surface area (Å²) in [5.41, 5.74) is 5.66. The van der Waals surface area contributed by atoms with Gasteiger partial charge in [-0.2, -0.15) is 0 Å². The average Bonchev–Trinajstić information content (AvgIpc) is 3.06. The minimum Gasteiger partial charge on any atom is -0.357 e. The predicted molar refractivity (Wildman–Crippen MR) is 67.2 cm³/mol. The van der Waals surface area contributed by atoms with E-state index in [0.29, 0.717) is 26.1 Å². The Hall–Kier alpha value is -1.96. The fourth-order valence-electron chi connectivity index (χ4n) is 2.23. The largest absolute Gasteiger partial charge is 0.357 e.